The molecule has 0 heterocycles. The van der Waals surface area contributed by atoms with Crippen LogP contribution in [0.4, 0.5) is 11.4 Å². The van der Waals surface area contributed by atoms with Gasteiger partial charge in [0.1, 0.15) is 11.5 Å². The third-order valence-corrected chi connectivity index (χ3v) is 8.52. The van der Waals surface area contributed by atoms with Crippen molar-refractivity contribution in [3.8, 4) is 11.5 Å². The van der Waals surface area contributed by atoms with Gasteiger partial charge in [-0.15, -0.1) is 11.8 Å². The lowest BCUT2D eigenvalue weighted by molar-refractivity contribution is -0.115. The van der Waals surface area contributed by atoms with Crippen molar-refractivity contribution in [2.75, 3.05) is 10.6 Å². The number of aromatic carboxylic acids is 1. The van der Waals surface area contributed by atoms with E-state index in [1.807, 2.05) is 30.3 Å². The molecule has 0 saturated heterocycles. The molecule has 0 aliphatic rings. The Morgan fingerprint density at radius 2 is 1.22 bits per heavy atom. The number of nitrogens with one attached hydrogen (secondary N) is 2. The Morgan fingerprint density at radius 1 is 0.707 bits per heavy atom. The molecule has 4 aromatic carbocycles. The zero-order chi connectivity index (χ0) is 29.7. The van der Waals surface area contributed by atoms with E-state index in [1.165, 1.54) is 11.8 Å². The van der Waals surface area contributed by atoms with E-state index in [2.05, 4.69) is 10.6 Å². The number of thioether (sulfide) groups is 1. The zero-order valence-corrected chi connectivity index (χ0v) is 24.9. The smallest absolute Gasteiger partial charge is 0.338 e. The Labute approximate surface area is 259 Å². The number of rotatable bonds is 9. The van der Waals surface area contributed by atoms with Gasteiger partial charge in [-0.3, -0.25) is 9.59 Å². The van der Waals surface area contributed by atoms with Crippen molar-refractivity contribution >= 4 is 87.3 Å². The van der Waals surface area contributed by atoms with E-state index in [1.54, 1.807) is 55.5 Å². The second-order valence-electron chi connectivity index (χ2n) is 8.48. The first-order valence-corrected chi connectivity index (χ1v) is 14.3. The van der Waals surface area contributed by atoms with Crippen molar-refractivity contribution < 1.29 is 24.2 Å². The van der Waals surface area contributed by atoms with Gasteiger partial charge in [-0.2, -0.15) is 0 Å². The predicted octanol–water partition coefficient (Wildman–Crippen LogP) is 9.16. The number of carboxylic acids is 1. The predicted molar refractivity (Wildman–Crippen MR) is 165 cm³/mol. The summed E-state index contributed by atoms with van der Waals surface area (Å²) in [5.41, 5.74) is 0.00231. The first-order chi connectivity index (χ1) is 19.5. The molecule has 0 spiro atoms. The Balaban J connectivity index is 1.36. The molecule has 0 aliphatic heterocycles. The lowest BCUT2D eigenvalue weighted by Crippen LogP contribution is -2.22. The van der Waals surface area contributed by atoms with Crippen LogP contribution in [0.15, 0.2) is 83.8 Å². The lowest BCUT2D eigenvalue weighted by Gasteiger charge is -2.15. The molecule has 0 fully saturated rings. The monoisotopic (exact) mass is 648 g/mol. The number of benzene rings is 4. The number of amides is 2. The van der Waals surface area contributed by atoms with Gasteiger partial charge in [0.15, 0.2) is 0 Å². The normalized spacial score (nSPS) is 11.4. The number of carboxylic acid groups (broad SMARTS) is 1. The van der Waals surface area contributed by atoms with Gasteiger partial charge in [0.2, 0.25) is 5.91 Å². The molecule has 1 unspecified atom stereocenters. The molecular weight excluding hydrogens is 630 g/mol. The van der Waals surface area contributed by atoms with Gasteiger partial charge in [0.05, 0.1) is 36.5 Å². The summed E-state index contributed by atoms with van der Waals surface area (Å²) in [6.07, 6.45) is 0. The van der Waals surface area contributed by atoms with Gasteiger partial charge in [-0.05, 0) is 67.6 Å². The molecule has 41 heavy (non-hydrogen) atoms. The maximum atomic E-state index is 12.9. The van der Waals surface area contributed by atoms with Crippen LogP contribution < -0.4 is 15.4 Å². The minimum Gasteiger partial charge on any atom is -0.478 e. The van der Waals surface area contributed by atoms with Crippen molar-refractivity contribution in [1.29, 1.82) is 0 Å². The summed E-state index contributed by atoms with van der Waals surface area (Å²) >= 11 is 25.5. The summed E-state index contributed by atoms with van der Waals surface area (Å²) in [6.45, 7) is 1.77. The molecule has 3 N–H and O–H groups in total. The van der Waals surface area contributed by atoms with Crippen molar-refractivity contribution in [3.05, 3.63) is 110 Å². The quantitative estimate of drug-likeness (QED) is 0.0949. The zero-order valence-electron chi connectivity index (χ0n) is 21.1. The van der Waals surface area contributed by atoms with E-state index < -0.39 is 33.3 Å². The van der Waals surface area contributed by atoms with Gasteiger partial charge >= 0.3 is 5.97 Å². The number of para-hydroxylation sites is 1. The SMILES string of the molecule is CC(Sc1ccc(NC(=O)c2c(Cl)c(Cl)c(Cl)c(Cl)c2C(=O)O)cc1)C(=O)Nc1ccc(Oc2ccccc2)cc1. The average Bonchev–Trinajstić information content (AvgIpc) is 2.96. The van der Waals surface area contributed by atoms with Crippen LogP contribution in [0.2, 0.25) is 20.1 Å². The summed E-state index contributed by atoms with van der Waals surface area (Å²) in [6, 6.07) is 23.1. The number of carbonyl (C=O) groups is 3. The van der Waals surface area contributed by atoms with E-state index in [0.29, 0.717) is 22.9 Å². The minimum atomic E-state index is -1.49. The van der Waals surface area contributed by atoms with Gasteiger partial charge < -0.3 is 20.5 Å². The molecule has 4 aromatic rings. The largest absolute Gasteiger partial charge is 0.478 e. The molecule has 0 bridgehead atoms. The summed E-state index contributed by atoms with van der Waals surface area (Å²) in [5.74, 6) is -1.16. The fourth-order valence-corrected chi connectivity index (χ4v) is 5.48. The molecule has 2 amide bonds. The van der Waals surface area contributed by atoms with Crippen molar-refractivity contribution in [1.82, 2.24) is 0 Å². The average molecular weight is 650 g/mol. The first-order valence-electron chi connectivity index (χ1n) is 11.9. The van der Waals surface area contributed by atoms with Gasteiger partial charge in [-0.25, -0.2) is 4.79 Å². The molecule has 0 aromatic heterocycles. The number of hydrogen-bond donors (Lipinski definition) is 3. The van der Waals surface area contributed by atoms with Crippen LogP contribution in [0, 0.1) is 0 Å². The highest BCUT2D eigenvalue weighted by molar-refractivity contribution is 8.00. The fraction of sp³-hybridized carbons (Fsp3) is 0.0690. The molecule has 4 rings (SSSR count). The second-order valence-corrected chi connectivity index (χ2v) is 11.4. The molecule has 12 heteroatoms. The number of anilines is 2. The van der Waals surface area contributed by atoms with Crippen molar-refractivity contribution in [2.45, 2.75) is 17.1 Å². The molecule has 1 atom stereocenters. The van der Waals surface area contributed by atoms with E-state index >= 15 is 0 Å². The lowest BCUT2D eigenvalue weighted by atomic mass is 10.1. The van der Waals surface area contributed by atoms with Gasteiger partial charge in [-0.1, -0.05) is 64.6 Å². The van der Waals surface area contributed by atoms with Crippen LogP contribution >= 0.6 is 58.2 Å². The van der Waals surface area contributed by atoms with Gasteiger partial charge in [0, 0.05) is 16.3 Å². The minimum absolute atomic E-state index is 0.198. The molecule has 0 saturated carbocycles. The summed E-state index contributed by atoms with van der Waals surface area (Å²) in [5, 5.41) is 13.4. The van der Waals surface area contributed by atoms with E-state index in [9.17, 15) is 19.5 Å². The van der Waals surface area contributed by atoms with E-state index in [-0.39, 0.29) is 21.0 Å². The third kappa shape index (κ3) is 7.47. The topological polar surface area (TPSA) is 105 Å². The molecule has 7 nitrogen and oxygen atoms in total. The highest BCUT2D eigenvalue weighted by atomic mass is 35.5. The fourth-order valence-electron chi connectivity index (χ4n) is 3.59. The molecule has 0 aliphatic carbocycles. The van der Waals surface area contributed by atoms with Crippen molar-refractivity contribution in [2.24, 2.45) is 0 Å². The summed E-state index contributed by atoms with van der Waals surface area (Å²) in [7, 11) is 0. The van der Waals surface area contributed by atoms with Crippen LogP contribution in [0.25, 0.3) is 0 Å². The Morgan fingerprint density at radius 3 is 1.80 bits per heavy atom. The maximum Gasteiger partial charge on any atom is 0.338 e. The van der Waals surface area contributed by atoms with Crippen LogP contribution in [-0.2, 0) is 4.79 Å². The van der Waals surface area contributed by atoms with Crippen molar-refractivity contribution in [3.63, 3.8) is 0 Å². The number of carbonyl (C=O) groups excluding carboxylic acids is 2. The van der Waals surface area contributed by atoms with Crippen LogP contribution in [-0.4, -0.2) is 28.1 Å². The van der Waals surface area contributed by atoms with Crippen LogP contribution in [0.1, 0.15) is 27.6 Å². The highest BCUT2D eigenvalue weighted by Crippen LogP contribution is 2.42. The molecular formula is C29H20Cl4N2O5S. The second kappa shape index (κ2) is 13.5. The van der Waals surface area contributed by atoms with Crippen LogP contribution in [0.5, 0.6) is 11.5 Å². The third-order valence-electron chi connectivity index (χ3n) is 5.60. The Kier molecular flexibility index (Phi) is 10.1. The summed E-state index contributed by atoms with van der Waals surface area (Å²) in [4.78, 5) is 38.2. The highest BCUT2D eigenvalue weighted by Gasteiger charge is 2.29. The molecule has 210 valence electrons. The Bertz CT molecular complexity index is 1600. The molecule has 0 radical (unpaired) electrons. The standard InChI is InChI=1S/C29H20Cl4N2O5S/c1-15(27(36)34-16-7-11-19(12-8-16)40-18-5-3-2-4-6-18)41-20-13-9-17(10-14-20)35-28(37)21-22(29(38)39)24(31)26(33)25(32)23(21)30/h2-15H,1H3,(H,34,36)(H,35,37)(H,38,39). The van der Waals surface area contributed by atoms with E-state index in [4.69, 9.17) is 51.1 Å². The summed E-state index contributed by atoms with van der Waals surface area (Å²) < 4.78 is 5.77. The van der Waals surface area contributed by atoms with E-state index in [0.717, 1.165) is 4.90 Å². The van der Waals surface area contributed by atoms with Crippen LogP contribution in [0.3, 0.4) is 0 Å². The number of halogens is 4. The first kappa shape index (κ1) is 30.6. The number of ether oxygens (including phenoxy) is 1. The Hall–Kier alpha value is -3.40. The van der Waals surface area contributed by atoms with Gasteiger partial charge in [0.25, 0.3) is 5.91 Å². The maximum absolute atomic E-state index is 12.9. The number of hydrogen-bond acceptors (Lipinski definition) is 5.